The SMILES string of the molecule is CC(C)(C)OC(=O)NCC(=CF)Cn1ncn(-c2ncc(Br)cc2F)c1=O. The molecule has 2 heterocycles. The molecule has 0 aliphatic rings. The van der Waals surface area contributed by atoms with Crippen molar-refractivity contribution in [3.05, 3.63) is 51.3 Å². The van der Waals surface area contributed by atoms with Gasteiger partial charge in [-0.1, -0.05) is 0 Å². The molecule has 0 unspecified atom stereocenters. The predicted octanol–water partition coefficient (Wildman–Crippen LogP) is 2.71. The predicted molar refractivity (Wildman–Crippen MR) is 96.7 cm³/mol. The van der Waals surface area contributed by atoms with Gasteiger partial charge in [-0.2, -0.15) is 5.10 Å². The topological polar surface area (TPSA) is 91.0 Å². The van der Waals surface area contributed by atoms with Crippen molar-refractivity contribution in [2.45, 2.75) is 32.9 Å². The van der Waals surface area contributed by atoms with Crippen LogP contribution in [0, 0.1) is 5.82 Å². The quantitative estimate of drug-likeness (QED) is 0.763. The summed E-state index contributed by atoms with van der Waals surface area (Å²) in [6.45, 7) is 4.66. The van der Waals surface area contributed by atoms with Gasteiger partial charge in [0.1, 0.15) is 11.9 Å². The Morgan fingerprint density at radius 2 is 2.15 bits per heavy atom. The van der Waals surface area contributed by atoms with E-state index in [-0.39, 0.29) is 30.8 Å². The van der Waals surface area contributed by atoms with Crippen LogP contribution < -0.4 is 11.0 Å². The van der Waals surface area contributed by atoms with Crippen LogP contribution in [0.25, 0.3) is 5.82 Å². The summed E-state index contributed by atoms with van der Waals surface area (Å²) < 4.78 is 34.4. The molecule has 0 bridgehead atoms. The van der Waals surface area contributed by atoms with E-state index in [1.807, 2.05) is 0 Å². The second-order valence-electron chi connectivity index (χ2n) is 6.52. The number of rotatable bonds is 5. The van der Waals surface area contributed by atoms with Gasteiger partial charge in [0.2, 0.25) is 0 Å². The fourth-order valence-corrected chi connectivity index (χ4v) is 2.30. The number of amides is 1. The highest BCUT2D eigenvalue weighted by atomic mass is 79.9. The third kappa shape index (κ3) is 5.71. The Morgan fingerprint density at radius 1 is 1.44 bits per heavy atom. The zero-order valence-electron chi connectivity index (χ0n) is 14.9. The Labute approximate surface area is 162 Å². The number of carbonyl (C=O) groups excluding carboxylic acids is 1. The summed E-state index contributed by atoms with van der Waals surface area (Å²) >= 11 is 3.08. The second kappa shape index (κ2) is 8.42. The largest absolute Gasteiger partial charge is 0.444 e. The first-order valence-electron chi connectivity index (χ1n) is 7.81. The standard InChI is InChI=1S/C16H18BrF2N5O3/c1-16(2,3)27-14(25)21-6-10(5-18)8-24-15(26)23(9-22-24)13-12(19)4-11(17)7-20-13/h4-5,7,9H,6,8H2,1-3H3,(H,21,25). The number of nitrogens with one attached hydrogen (secondary N) is 1. The van der Waals surface area contributed by atoms with Crippen molar-refractivity contribution in [3.63, 3.8) is 0 Å². The lowest BCUT2D eigenvalue weighted by atomic mass is 10.2. The first-order valence-corrected chi connectivity index (χ1v) is 8.61. The first kappa shape index (κ1) is 20.7. The second-order valence-corrected chi connectivity index (χ2v) is 7.44. The fraction of sp³-hybridized carbons (Fsp3) is 0.375. The van der Waals surface area contributed by atoms with Crippen LogP contribution in [0.15, 0.2) is 39.8 Å². The molecule has 0 aromatic carbocycles. The summed E-state index contributed by atoms with van der Waals surface area (Å²) in [4.78, 5) is 27.8. The van der Waals surface area contributed by atoms with Gasteiger partial charge in [-0.25, -0.2) is 32.6 Å². The number of ether oxygens (including phenoxy) is 1. The molecule has 27 heavy (non-hydrogen) atoms. The van der Waals surface area contributed by atoms with Crippen molar-refractivity contribution in [1.82, 2.24) is 24.6 Å². The molecule has 2 aromatic rings. The third-order valence-electron chi connectivity index (χ3n) is 3.12. The highest BCUT2D eigenvalue weighted by Crippen LogP contribution is 2.14. The van der Waals surface area contributed by atoms with Gasteiger partial charge in [-0.3, -0.25) is 0 Å². The van der Waals surface area contributed by atoms with Gasteiger partial charge in [0.15, 0.2) is 11.6 Å². The molecule has 0 saturated heterocycles. The molecule has 0 aliphatic heterocycles. The molecule has 8 nitrogen and oxygen atoms in total. The number of alkyl carbamates (subject to hydrolysis) is 1. The van der Waals surface area contributed by atoms with E-state index >= 15 is 0 Å². The van der Waals surface area contributed by atoms with Crippen LogP contribution in [0.4, 0.5) is 13.6 Å². The van der Waals surface area contributed by atoms with Crippen molar-refractivity contribution in [1.29, 1.82) is 0 Å². The van der Waals surface area contributed by atoms with Crippen molar-refractivity contribution in [2.24, 2.45) is 0 Å². The summed E-state index contributed by atoms with van der Waals surface area (Å²) in [5.41, 5.74) is -1.33. The average molecular weight is 446 g/mol. The molecule has 2 rings (SSSR count). The van der Waals surface area contributed by atoms with Gasteiger partial charge in [0.05, 0.1) is 12.9 Å². The van der Waals surface area contributed by atoms with Gasteiger partial charge in [0, 0.05) is 17.2 Å². The Bertz CT molecular complexity index is 918. The number of halogens is 3. The van der Waals surface area contributed by atoms with Crippen molar-refractivity contribution in [2.75, 3.05) is 6.54 Å². The van der Waals surface area contributed by atoms with E-state index in [0.717, 1.165) is 21.6 Å². The van der Waals surface area contributed by atoms with E-state index in [1.54, 1.807) is 20.8 Å². The van der Waals surface area contributed by atoms with Crippen LogP contribution >= 0.6 is 15.9 Å². The molecule has 0 spiro atoms. The van der Waals surface area contributed by atoms with E-state index in [2.05, 4.69) is 31.3 Å². The minimum atomic E-state index is -0.723. The van der Waals surface area contributed by atoms with Crippen LogP contribution in [0.5, 0.6) is 0 Å². The monoisotopic (exact) mass is 445 g/mol. The molecule has 0 saturated carbocycles. The highest BCUT2D eigenvalue weighted by molar-refractivity contribution is 9.10. The number of hydrogen-bond donors (Lipinski definition) is 1. The van der Waals surface area contributed by atoms with E-state index < -0.39 is 23.2 Å². The number of nitrogens with zero attached hydrogens (tertiary/aromatic N) is 4. The molecule has 0 radical (unpaired) electrons. The molecular weight excluding hydrogens is 428 g/mol. The van der Waals surface area contributed by atoms with Crippen LogP contribution in [-0.4, -0.2) is 37.6 Å². The van der Waals surface area contributed by atoms with Crippen molar-refractivity contribution in [3.8, 4) is 5.82 Å². The van der Waals surface area contributed by atoms with E-state index in [4.69, 9.17) is 4.74 Å². The summed E-state index contributed by atoms with van der Waals surface area (Å²) in [6.07, 6.45) is 1.96. The molecule has 0 atom stereocenters. The maximum atomic E-state index is 14.0. The van der Waals surface area contributed by atoms with Crippen LogP contribution in [0.2, 0.25) is 0 Å². The maximum Gasteiger partial charge on any atom is 0.407 e. The highest BCUT2D eigenvalue weighted by Gasteiger charge is 2.17. The Balaban J connectivity index is 2.10. The lowest BCUT2D eigenvalue weighted by Crippen LogP contribution is -2.34. The molecule has 1 N–H and O–H groups in total. The minimum absolute atomic E-state index is 0.0671. The zero-order chi connectivity index (χ0) is 20.2. The Hall–Kier alpha value is -2.56. The summed E-state index contributed by atoms with van der Waals surface area (Å²) in [5, 5.41) is 6.21. The summed E-state index contributed by atoms with van der Waals surface area (Å²) in [7, 11) is 0. The van der Waals surface area contributed by atoms with Gasteiger partial charge in [0.25, 0.3) is 0 Å². The lowest BCUT2D eigenvalue weighted by Gasteiger charge is -2.19. The van der Waals surface area contributed by atoms with Gasteiger partial charge in [-0.05, 0) is 48.3 Å². The minimum Gasteiger partial charge on any atom is -0.444 e. The Kier molecular flexibility index (Phi) is 6.47. The molecule has 0 aliphatic carbocycles. The molecule has 0 fully saturated rings. The molecule has 11 heteroatoms. The smallest absolute Gasteiger partial charge is 0.407 e. The number of hydrogen-bond acceptors (Lipinski definition) is 5. The number of carbonyl (C=O) groups is 1. The lowest BCUT2D eigenvalue weighted by molar-refractivity contribution is 0.0532. The maximum absolute atomic E-state index is 14.0. The van der Waals surface area contributed by atoms with Gasteiger partial charge >= 0.3 is 11.8 Å². The van der Waals surface area contributed by atoms with E-state index in [9.17, 15) is 18.4 Å². The molecule has 1 amide bonds. The Morgan fingerprint density at radius 3 is 2.74 bits per heavy atom. The number of aromatic nitrogens is 4. The summed E-state index contributed by atoms with van der Waals surface area (Å²) in [5.74, 6) is -0.953. The van der Waals surface area contributed by atoms with E-state index in [1.165, 1.54) is 6.20 Å². The van der Waals surface area contributed by atoms with Gasteiger partial charge in [-0.15, -0.1) is 0 Å². The van der Waals surface area contributed by atoms with Crippen LogP contribution in [0.1, 0.15) is 20.8 Å². The van der Waals surface area contributed by atoms with Crippen molar-refractivity contribution >= 4 is 22.0 Å². The normalized spacial score (nSPS) is 12.1. The van der Waals surface area contributed by atoms with Gasteiger partial charge < -0.3 is 10.1 Å². The summed E-state index contributed by atoms with van der Waals surface area (Å²) in [6, 6.07) is 1.16. The zero-order valence-corrected chi connectivity index (χ0v) is 16.5. The van der Waals surface area contributed by atoms with Crippen LogP contribution in [0.3, 0.4) is 0 Å². The number of pyridine rings is 1. The fourth-order valence-electron chi connectivity index (χ4n) is 2.00. The first-order chi connectivity index (χ1) is 12.6. The van der Waals surface area contributed by atoms with E-state index in [0.29, 0.717) is 4.47 Å². The molecule has 2 aromatic heterocycles. The molecule has 146 valence electrons. The molecular formula is C16H18BrF2N5O3. The third-order valence-corrected chi connectivity index (χ3v) is 3.55. The van der Waals surface area contributed by atoms with Crippen molar-refractivity contribution < 1.29 is 18.3 Å². The van der Waals surface area contributed by atoms with Crippen LogP contribution in [-0.2, 0) is 11.3 Å². The average Bonchev–Trinajstić information content (AvgIpc) is 2.90.